The van der Waals surface area contributed by atoms with Gasteiger partial charge in [0.25, 0.3) is 5.91 Å². The lowest BCUT2D eigenvalue weighted by Gasteiger charge is -2.34. The topological polar surface area (TPSA) is 98.7 Å². The molecule has 1 aliphatic rings. The third-order valence-electron chi connectivity index (χ3n) is 5.44. The molecular formula is C22H24FIN6O3. The summed E-state index contributed by atoms with van der Waals surface area (Å²) in [6, 6.07) is 10.8. The van der Waals surface area contributed by atoms with E-state index in [9.17, 15) is 4.79 Å². The van der Waals surface area contributed by atoms with Gasteiger partial charge in [-0.15, -0.1) is 0 Å². The maximum absolute atomic E-state index is 15.1. The number of carbonyl (C=O) groups is 1. The van der Waals surface area contributed by atoms with Crippen molar-refractivity contribution in [2.75, 3.05) is 36.8 Å². The first-order valence-corrected chi connectivity index (χ1v) is 11.4. The number of methoxy groups -OCH3 is 1. The molecule has 4 rings (SSSR count). The molecule has 0 saturated carbocycles. The molecule has 11 heteroatoms. The minimum atomic E-state index is -0.864. The van der Waals surface area contributed by atoms with Gasteiger partial charge in [-0.25, -0.2) is 20.5 Å². The van der Waals surface area contributed by atoms with Gasteiger partial charge in [0.05, 0.1) is 39.1 Å². The minimum absolute atomic E-state index is 0.0568. The zero-order valence-corrected chi connectivity index (χ0v) is 20.4. The van der Waals surface area contributed by atoms with Crippen LogP contribution in [0.15, 0.2) is 42.6 Å². The number of benzene rings is 1. The third-order valence-corrected chi connectivity index (χ3v) is 6.29. The number of rotatable bonds is 6. The largest absolute Gasteiger partial charge is 0.497 e. The summed E-state index contributed by atoms with van der Waals surface area (Å²) in [6.07, 6.45) is 1.54. The zero-order chi connectivity index (χ0) is 23.5. The first kappa shape index (κ1) is 23.4. The van der Waals surface area contributed by atoms with E-state index in [0.717, 1.165) is 16.3 Å². The van der Waals surface area contributed by atoms with E-state index in [4.69, 9.17) is 15.3 Å². The fourth-order valence-electron chi connectivity index (χ4n) is 3.66. The fraction of sp³-hybridized carbons (Fsp3) is 0.318. The van der Waals surface area contributed by atoms with Crippen LogP contribution in [0.25, 0.3) is 0 Å². The van der Waals surface area contributed by atoms with Crippen molar-refractivity contribution in [1.82, 2.24) is 14.8 Å². The Labute approximate surface area is 204 Å². The number of hydrazine groups is 1. The molecule has 1 saturated heterocycles. The quantitative estimate of drug-likeness (QED) is 0.161. The SMILES string of the molecule is COc1ccc(Cn2nccc2N(N)C(=O)c2c(I)cc(N3CCOC[C@H]3C)nc2F)cc1. The number of ether oxygens (including phenoxy) is 2. The molecule has 2 N–H and O–H groups in total. The predicted molar refractivity (Wildman–Crippen MR) is 130 cm³/mol. The van der Waals surface area contributed by atoms with Crippen molar-refractivity contribution < 1.29 is 18.7 Å². The Balaban J connectivity index is 1.57. The van der Waals surface area contributed by atoms with E-state index in [2.05, 4.69) is 10.1 Å². The molecule has 0 unspecified atom stereocenters. The van der Waals surface area contributed by atoms with Crippen LogP contribution >= 0.6 is 22.6 Å². The normalized spacial score (nSPS) is 16.0. The van der Waals surface area contributed by atoms with Gasteiger partial charge in [-0.2, -0.15) is 9.49 Å². The summed E-state index contributed by atoms with van der Waals surface area (Å²) in [4.78, 5) is 19.2. The predicted octanol–water partition coefficient (Wildman–Crippen LogP) is 2.82. The number of aromatic nitrogens is 3. The molecule has 3 heterocycles. The number of nitrogens with zero attached hydrogens (tertiary/aromatic N) is 5. The number of nitrogens with two attached hydrogens (primary N) is 1. The molecule has 33 heavy (non-hydrogen) atoms. The summed E-state index contributed by atoms with van der Waals surface area (Å²) in [6.45, 7) is 4.04. The molecule has 174 valence electrons. The van der Waals surface area contributed by atoms with E-state index in [1.165, 1.54) is 6.20 Å². The molecule has 1 fully saturated rings. The molecule has 0 radical (unpaired) electrons. The maximum atomic E-state index is 15.1. The Morgan fingerprint density at radius 3 is 2.79 bits per heavy atom. The molecule has 2 aromatic heterocycles. The van der Waals surface area contributed by atoms with Crippen LogP contribution < -0.4 is 20.5 Å². The summed E-state index contributed by atoms with van der Waals surface area (Å²) in [5.74, 6) is 6.10. The standard InChI is InChI=1S/C22H24FIN6O3/c1-14-13-33-10-9-28(14)18-11-17(24)20(21(23)27-18)22(31)30(25)19-7-8-26-29(19)12-15-3-5-16(32-2)6-4-15/h3-8,11,14H,9-10,12-13,25H2,1-2H3/t14-/m1/s1. The number of amides is 1. The monoisotopic (exact) mass is 566 g/mol. The second-order valence-electron chi connectivity index (χ2n) is 7.62. The zero-order valence-electron chi connectivity index (χ0n) is 18.2. The molecule has 1 amide bonds. The smallest absolute Gasteiger partial charge is 0.279 e. The maximum Gasteiger partial charge on any atom is 0.279 e. The Morgan fingerprint density at radius 2 is 2.12 bits per heavy atom. The average Bonchev–Trinajstić information content (AvgIpc) is 3.26. The molecule has 0 aliphatic carbocycles. The summed E-state index contributed by atoms with van der Waals surface area (Å²) >= 11 is 1.94. The molecule has 1 aromatic carbocycles. The highest BCUT2D eigenvalue weighted by Crippen LogP contribution is 2.26. The van der Waals surface area contributed by atoms with Crippen LogP contribution in [0.4, 0.5) is 16.0 Å². The lowest BCUT2D eigenvalue weighted by molar-refractivity contribution is 0.0973. The molecule has 9 nitrogen and oxygen atoms in total. The number of halogens is 2. The number of carbonyl (C=O) groups excluding carboxylic acids is 1. The third kappa shape index (κ3) is 4.94. The molecular weight excluding hydrogens is 542 g/mol. The van der Waals surface area contributed by atoms with E-state index in [-0.39, 0.29) is 11.6 Å². The van der Waals surface area contributed by atoms with Crippen molar-refractivity contribution in [3.8, 4) is 5.75 Å². The lowest BCUT2D eigenvalue weighted by atomic mass is 10.2. The van der Waals surface area contributed by atoms with Crippen LogP contribution in [0.1, 0.15) is 22.8 Å². The fourth-order valence-corrected chi connectivity index (χ4v) is 4.39. The van der Waals surface area contributed by atoms with Gasteiger partial charge < -0.3 is 14.4 Å². The van der Waals surface area contributed by atoms with Crippen LogP contribution in [-0.2, 0) is 11.3 Å². The Hall–Kier alpha value is -2.77. The molecule has 0 bridgehead atoms. The van der Waals surface area contributed by atoms with E-state index in [1.54, 1.807) is 23.9 Å². The van der Waals surface area contributed by atoms with E-state index in [0.29, 0.717) is 41.5 Å². The van der Waals surface area contributed by atoms with Crippen molar-refractivity contribution in [2.45, 2.75) is 19.5 Å². The van der Waals surface area contributed by atoms with Gasteiger partial charge in [-0.05, 0) is 53.3 Å². The number of hydrogen-bond acceptors (Lipinski definition) is 7. The molecule has 1 aliphatic heterocycles. The summed E-state index contributed by atoms with van der Waals surface area (Å²) in [7, 11) is 1.60. The van der Waals surface area contributed by atoms with Gasteiger partial charge in [0, 0.05) is 16.2 Å². The van der Waals surface area contributed by atoms with Crippen LogP contribution in [0.2, 0.25) is 0 Å². The van der Waals surface area contributed by atoms with Crippen LogP contribution in [0.3, 0.4) is 0 Å². The van der Waals surface area contributed by atoms with Gasteiger partial charge in [-0.3, -0.25) is 4.79 Å². The molecule has 3 aromatic rings. The lowest BCUT2D eigenvalue weighted by Crippen LogP contribution is -2.44. The van der Waals surface area contributed by atoms with Crippen LogP contribution in [0, 0.1) is 9.52 Å². The highest BCUT2D eigenvalue weighted by Gasteiger charge is 2.28. The van der Waals surface area contributed by atoms with E-state index >= 15 is 4.39 Å². The Bertz CT molecular complexity index is 1120. The Kier molecular flexibility index (Phi) is 7.10. The van der Waals surface area contributed by atoms with Gasteiger partial charge in [0.15, 0.2) is 0 Å². The first-order chi connectivity index (χ1) is 15.9. The number of anilines is 2. The van der Waals surface area contributed by atoms with Crippen molar-refractivity contribution in [3.05, 3.63) is 63.2 Å². The van der Waals surface area contributed by atoms with Gasteiger partial charge in [0.1, 0.15) is 22.9 Å². The minimum Gasteiger partial charge on any atom is -0.497 e. The van der Waals surface area contributed by atoms with Crippen molar-refractivity contribution in [2.24, 2.45) is 5.84 Å². The van der Waals surface area contributed by atoms with Crippen molar-refractivity contribution in [3.63, 3.8) is 0 Å². The highest BCUT2D eigenvalue weighted by molar-refractivity contribution is 14.1. The van der Waals surface area contributed by atoms with Crippen molar-refractivity contribution in [1.29, 1.82) is 0 Å². The molecule has 0 spiro atoms. The van der Waals surface area contributed by atoms with Crippen LogP contribution in [-0.4, -0.2) is 53.6 Å². The first-order valence-electron chi connectivity index (χ1n) is 10.3. The number of morpholine rings is 1. The van der Waals surface area contributed by atoms with Gasteiger partial charge in [-0.1, -0.05) is 12.1 Å². The van der Waals surface area contributed by atoms with Crippen molar-refractivity contribution >= 4 is 40.1 Å². The highest BCUT2D eigenvalue weighted by atomic mass is 127. The second kappa shape index (κ2) is 10.0. The van der Waals surface area contributed by atoms with Gasteiger partial charge in [0.2, 0.25) is 5.95 Å². The van der Waals surface area contributed by atoms with E-state index in [1.807, 2.05) is 58.7 Å². The summed E-state index contributed by atoms with van der Waals surface area (Å²) in [5.41, 5.74) is 0.757. The van der Waals surface area contributed by atoms with Crippen LogP contribution in [0.5, 0.6) is 5.75 Å². The Morgan fingerprint density at radius 1 is 1.36 bits per heavy atom. The number of pyridine rings is 1. The van der Waals surface area contributed by atoms with Gasteiger partial charge >= 0.3 is 0 Å². The van der Waals surface area contributed by atoms with E-state index < -0.39 is 11.9 Å². The molecule has 1 atom stereocenters. The number of hydrogen-bond donors (Lipinski definition) is 1. The second-order valence-corrected chi connectivity index (χ2v) is 8.78. The summed E-state index contributed by atoms with van der Waals surface area (Å²) < 4.78 is 27.7. The summed E-state index contributed by atoms with van der Waals surface area (Å²) in [5, 5.41) is 5.16. The average molecular weight is 566 g/mol.